The van der Waals surface area contributed by atoms with Crippen LogP contribution in [0.3, 0.4) is 0 Å². The quantitative estimate of drug-likeness (QED) is 0.831. The van der Waals surface area contributed by atoms with Crippen LogP contribution in [0.4, 0.5) is 0 Å². The summed E-state index contributed by atoms with van der Waals surface area (Å²) in [6, 6.07) is 9.46. The van der Waals surface area contributed by atoms with Crippen LogP contribution in [0.5, 0.6) is 0 Å². The number of piperazine rings is 1. The molecular formula is C20H25N3OS. The van der Waals surface area contributed by atoms with Crippen molar-refractivity contribution in [1.82, 2.24) is 14.8 Å². The van der Waals surface area contributed by atoms with Crippen molar-refractivity contribution >= 4 is 17.2 Å². The van der Waals surface area contributed by atoms with Crippen molar-refractivity contribution in [2.75, 3.05) is 26.2 Å². The van der Waals surface area contributed by atoms with E-state index < -0.39 is 0 Å². The minimum Gasteiger partial charge on any atom is -0.335 e. The molecule has 1 aliphatic heterocycles. The van der Waals surface area contributed by atoms with E-state index in [2.05, 4.69) is 34.1 Å². The maximum Gasteiger partial charge on any atom is 0.265 e. The molecular weight excluding hydrogens is 330 g/mol. The maximum absolute atomic E-state index is 12.8. The summed E-state index contributed by atoms with van der Waals surface area (Å²) in [6.45, 7) is 7.52. The smallest absolute Gasteiger partial charge is 0.265 e. The first-order valence-corrected chi connectivity index (χ1v) is 9.97. The molecule has 1 amide bonds. The van der Waals surface area contributed by atoms with Gasteiger partial charge in [0.05, 0.1) is 10.7 Å². The Hall–Kier alpha value is -1.72. The highest BCUT2D eigenvalue weighted by atomic mass is 32.1. The number of carbonyl (C=O) groups excluding carboxylic acids is 1. The summed E-state index contributed by atoms with van der Waals surface area (Å²) in [7, 11) is 0. The first kappa shape index (κ1) is 16.7. The maximum atomic E-state index is 12.8. The van der Waals surface area contributed by atoms with Gasteiger partial charge in [-0.2, -0.15) is 0 Å². The highest BCUT2D eigenvalue weighted by Crippen LogP contribution is 2.26. The van der Waals surface area contributed by atoms with Crippen LogP contribution < -0.4 is 0 Å². The molecule has 2 aromatic rings. The molecule has 1 aromatic heterocycles. The van der Waals surface area contributed by atoms with Gasteiger partial charge in [-0.3, -0.25) is 9.69 Å². The lowest BCUT2D eigenvalue weighted by Crippen LogP contribution is -2.53. The predicted molar refractivity (Wildman–Crippen MR) is 101 cm³/mol. The number of hydrogen-bond acceptors (Lipinski definition) is 4. The summed E-state index contributed by atoms with van der Waals surface area (Å²) in [4.78, 5) is 22.6. The van der Waals surface area contributed by atoms with Gasteiger partial charge in [0.2, 0.25) is 0 Å². The minimum absolute atomic E-state index is 0.164. The minimum atomic E-state index is 0.164. The number of hydrogen-bond donors (Lipinski definition) is 0. The van der Waals surface area contributed by atoms with Crippen molar-refractivity contribution in [2.45, 2.75) is 39.2 Å². The van der Waals surface area contributed by atoms with E-state index in [0.717, 1.165) is 48.2 Å². The van der Waals surface area contributed by atoms with E-state index in [9.17, 15) is 4.79 Å². The molecule has 2 heterocycles. The third-order valence-corrected chi connectivity index (χ3v) is 6.60. The van der Waals surface area contributed by atoms with E-state index >= 15 is 0 Å². The van der Waals surface area contributed by atoms with Crippen LogP contribution in [0.15, 0.2) is 24.3 Å². The molecule has 1 aromatic carbocycles. The zero-order valence-electron chi connectivity index (χ0n) is 15.0. The van der Waals surface area contributed by atoms with Gasteiger partial charge in [0, 0.05) is 32.2 Å². The van der Waals surface area contributed by atoms with E-state index in [1.165, 1.54) is 35.3 Å². The average molecular weight is 356 g/mol. The molecule has 5 heteroatoms. The number of fused-ring (bicyclic) bond motifs is 1. The van der Waals surface area contributed by atoms with Crippen molar-refractivity contribution in [3.05, 3.63) is 51.0 Å². The number of rotatable bonds is 2. The Labute approximate surface area is 153 Å². The Bertz CT molecular complexity index is 777. The van der Waals surface area contributed by atoms with Crippen LogP contribution in [-0.2, 0) is 12.8 Å². The summed E-state index contributed by atoms with van der Waals surface area (Å²) in [5, 5.41) is 0.973. The van der Waals surface area contributed by atoms with Crippen LogP contribution in [0.1, 0.15) is 37.9 Å². The van der Waals surface area contributed by atoms with E-state index in [1.807, 2.05) is 18.7 Å². The van der Waals surface area contributed by atoms with Crippen molar-refractivity contribution in [1.29, 1.82) is 0 Å². The van der Waals surface area contributed by atoms with Crippen LogP contribution in [-0.4, -0.2) is 52.9 Å². The molecule has 0 saturated carbocycles. The molecule has 4 nitrogen and oxygen atoms in total. The van der Waals surface area contributed by atoms with Gasteiger partial charge in [-0.05, 0) is 44.2 Å². The second kappa shape index (κ2) is 6.89. The molecule has 1 fully saturated rings. The molecule has 0 radical (unpaired) electrons. The summed E-state index contributed by atoms with van der Waals surface area (Å²) >= 11 is 1.52. The zero-order chi connectivity index (χ0) is 17.4. The Morgan fingerprint density at radius 3 is 2.52 bits per heavy atom. The average Bonchev–Trinajstić information content (AvgIpc) is 2.99. The Balaban J connectivity index is 1.37. The van der Waals surface area contributed by atoms with Gasteiger partial charge in [-0.1, -0.05) is 24.3 Å². The predicted octanol–water partition coefficient (Wildman–Crippen LogP) is 3.08. The molecule has 1 aliphatic carbocycles. The van der Waals surface area contributed by atoms with Crippen molar-refractivity contribution in [3.63, 3.8) is 0 Å². The number of thiazole rings is 1. The third-order valence-electron chi connectivity index (χ3n) is 5.54. The molecule has 0 unspecified atom stereocenters. The van der Waals surface area contributed by atoms with E-state index in [1.54, 1.807) is 0 Å². The number of amides is 1. The lowest BCUT2D eigenvalue weighted by molar-refractivity contribution is 0.0556. The second-order valence-corrected chi connectivity index (χ2v) is 8.34. The number of aromatic nitrogens is 1. The standard InChI is InChI=1S/C20H25N3OS/c1-14-19(25-15(2)21-14)20(24)23-11-9-22(10-12-23)18-8-7-16-5-3-4-6-17(16)13-18/h3-6,18H,7-13H2,1-2H3/t18-/m0/s1. The number of benzene rings is 1. The summed E-state index contributed by atoms with van der Waals surface area (Å²) in [5.74, 6) is 0.164. The fourth-order valence-electron chi connectivity index (χ4n) is 4.15. The van der Waals surface area contributed by atoms with Gasteiger partial charge in [0.25, 0.3) is 5.91 Å². The van der Waals surface area contributed by atoms with Gasteiger partial charge in [0.1, 0.15) is 4.88 Å². The van der Waals surface area contributed by atoms with Crippen LogP contribution in [0.2, 0.25) is 0 Å². The van der Waals surface area contributed by atoms with Gasteiger partial charge >= 0.3 is 0 Å². The SMILES string of the molecule is Cc1nc(C)c(C(=O)N2CCN([C@H]3CCc4ccccc4C3)CC2)s1. The topological polar surface area (TPSA) is 36.4 Å². The van der Waals surface area contributed by atoms with Gasteiger partial charge < -0.3 is 4.90 Å². The van der Waals surface area contributed by atoms with E-state index in [-0.39, 0.29) is 5.91 Å². The van der Waals surface area contributed by atoms with Crippen molar-refractivity contribution < 1.29 is 4.79 Å². The summed E-state index contributed by atoms with van der Waals surface area (Å²) < 4.78 is 0. The largest absolute Gasteiger partial charge is 0.335 e. The lowest BCUT2D eigenvalue weighted by Gasteiger charge is -2.41. The Morgan fingerprint density at radius 2 is 1.84 bits per heavy atom. The molecule has 0 N–H and O–H groups in total. The molecule has 0 bridgehead atoms. The fraction of sp³-hybridized carbons (Fsp3) is 0.500. The van der Waals surface area contributed by atoms with Gasteiger partial charge in [-0.15, -0.1) is 11.3 Å². The lowest BCUT2D eigenvalue weighted by atomic mass is 9.87. The zero-order valence-corrected chi connectivity index (χ0v) is 15.8. The Morgan fingerprint density at radius 1 is 1.12 bits per heavy atom. The Kier molecular flexibility index (Phi) is 4.61. The van der Waals surface area contributed by atoms with Crippen molar-refractivity contribution in [3.8, 4) is 0 Å². The fourth-order valence-corrected chi connectivity index (χ4v) is 5.04. The van der Waals surface area contributed by atoms with Crippen LogP contribution >= 0.6 is 11.3 Å². The molecule has 1 saturated heterocycles. The highest BCUT2D eigenvalue weighted by molar-refractivity contribution is 7.13. The molecule has 1 atom stereocenters. The monoisotopic (exact) mass is 355 g/mol. The van der Waals surface area contributed by atoms with E-state index in [4.69, 9.17) is 0 Å². The number of aryl methyl sites for hydroxylation is 3. The summed E-state index contributed by atoms with van der Waals surface area (Å²) in [5.41, 5.74) is 3.90. The summed E-state index contributed by atoms with van der Waals surface area (Å²) in [6.07, 6.45) is 3.56. The molecule has 2 aliphatic rings. The normalized spacial score (nSPS) is 21.2. The number of nitrogens with zero attached hydrogens (tertiary/aromatic N) is 3. The third kappa shape index (κ3) is 3.35. The molecule has 25 heavy (non-hydrogen) atoms. The van der Waals surface area contributed by atoms with Crippen LogP contribution in [0.25, 0.3) is 0 Å². The first-order chi connectivity index (χ1) is 12.1. The molecule has 132 valence electrons. The van der Waals surface area contributed by atoms with Crippen molar-refractivity contribution in [2.24, 2.45) is 0 Å². The number of carbonyl (C=O) groups is 1. The highest BCUT2D eigenvalue weighted by Gasteiger charge is 2.30. The van der Waals surface area contributed by atoms with Gasteiger partial charge in [-0.25, -0.2) is 4.98 Å². The second-order valence-electron chi connectivity index (χ2n) is 7.14. The van der Waals surface area contributed by atoms with E-state index in [0.29, 0.717) is 6.04 Å². The molecule has 0 spiro atoms. The molecule has 4 rings (SSSR count). The van der Waals surface area contributed by atoms with Crippen LogP contribution in [0, 0.1) is 13.8 Å². The van der Waals surface area contributed by atoms with Gasteiger partial charge in [0.15, 0.2) is 0 Å². The first-order valence-electron chi connectivity index (χ1n) is 9.16.